The summed E-state index contributed by atoms with van der Waals surface area (Å²) in [5, 5.41) is 8.79. The molecule has 3 N–H and O–H groups in total. The molecule has 3 aliphatic heterocycles. The predicted molar refractivity (Wildman–Crippen MR) is 212 cm³/mol. The molecule has 3 fully saturated rings. The molecule has 10 heteroatoms. The van der Waals surface area contributed by atoms with Crippen LogP contribution in [-0.4, -0.2) is 49.7 Å². The van der Waals surface area contributed by atoms with Crippen LogP contribution in [0.25, 0.3) is 10.9 Å². The lowest BCUT2D eigenvalue weighted by Gasteiger charge is -2.52. The molecule has 268 valence electrons. The number of hydrogen-bond donors (Lipinski definition) is 3. The van der Waals surface area contributed by atoms with E-state index in [0.29, 0.717) is 16.9 Å². The average Bonchev–Trinajstić information content (AvgIpc) is 3.18. The van der Waals surface area contributed by atoms with Crippen LogP contribution in [0, 0.1) is 18.8 Å². The van der Waals surface area contributed by atoms with Crippen molar-refractivity contribution in [2.75, 3.05) is 20.2 Å². The molecule has 2 bridgehead atoms. The van der Waals surface area contributed by atoms with Crippen LogP contribution in [0.3, 0.4) is 0 Å². The third-order valence-electron chi connectivity index (χ3n) is 10.7. The van der Waals surface area contributed by atoms with Crippen molar-refractivity contribution >= 4 is 38.3 Å². The van der Waals surface area contributed by atoms with Gasteiger partial charge in [0.05, 0.1) is 35.6 Å². The number of hydrogen-bond acceptors (Lipinski definition) is 6. The van der Waals surface area contributed by atoms with Crippen LogP contribution in [0.1, 0.15) is 53.2 Å². The van der Waals surface area contributed by atoms with Crippen molar-refractivity contribution in [2.45, 2.75) is 48.8 Å². The van der Waals surface area contributed by atoms with Gasteiger partial charge in [-0.25, -0.2) is 13.1 Å². The second-order valence-electron chi connectivity index (χ2n) is 13.8. The number of sulfonamides is 1. The Balaban J connectivity index is 1.27. The predicted octanol–water partition coefficient (Wildman–Crippen LogP) is 7.41. The minimum absolute atomic E-state index is 0.159. The van der Waals surface area contributed by atoms with E-state index in [2.05, 4.69) is 44.0 Å². The van der Waals surface area contributed by atoms with Gasteiger partial charge in [0.25, 0.3) is 0 Å². The molecule has 3 aliphatic rings. The summed E-state index contributed by atoms with van der Waals surface area (Å²) >= 11 is 6.22. The lowest BCUT2D eigenvalue weighted by atomic mass is 9.73. The zero-order valence-corrected chi connectivity index (χ0v) is 31.1. The maximum Gasteiger partial charge on any atom is 0.241 e. The summed E-state index contributed by atoms with van der Waals surface area (Å²) in [6.07, 6.45) is 6.11. The molecule has 52 heavy (non-hydrogen) atoms. The number of benzene rings is 4. The highest BCUT2D eigenvalue weighted by atomic mass is 32.2. The first-order chi connectivity index (χ1) is 25.2. The van der Waals surface area contributed by atoms with Crippen molar-refractivity contribution in [3.8, 4) is 5.75 Å². The summed E-state index contributed by atoms with van der Waals surface area (Å²) in [6.45, 7) is 8.04. The first kappa shape index (κ1) is 35.8. The van der Waals surface area contributed by atoms with Gasteiger partial charge in [0.1, 0.15) is 5.75 Å². The Morgan fingerprint density at radius 1 is 0.942 bits per heavy atom. The molecule has 8 nitrogen and oxygen atoms in total. The molecule has 0 radical (unpaired) electrons. The molecule has 3 saturated heterocycles. The summed E-state index contributed by atoms with van der Waals surface area (Å²) in [5.74, 6) is 1.76. The van der Waals surface area contributed by atoms with Crippen LogP contribution >= 0.6 is 12.2 Å². The van der Waals surface area contributed by atoms with Gasteiger partial charge in [-0.2, -0.15) is 0 Å². The van der Waals surface area contributed by atoms with E-state index in [1.165, 1.54) is 0 Å². The standard InChI is InChI=1S/C42H45N5O3S2/c1-4-29-27-47-24-22-32(29)25-38(47)41(35-21-23-43-37-20-17-33(50-3)26-36(35)37)45-42(51)44-39(30-11-7-5-8-12-30)40(31-13-9-6-10-14-31)46-52(48,49)34-18-15-28(2)16-19-34/h4-21,23,26,29,32,38-41,46H,1,22,24-25,27H2,2-3H3,(H2,44,45,51)/t29-,32-,38-,39-,40-,41-/m0/s1. The highest BCUT2D eigenvalue weighted by molar-refractivity contribution is 7.89. The van der Waals surface area contributed by atoms with E-state index >= 15 is 0 Å². The van der Waals surface area contributed by atoms with Crippen LogP contribution in [0.2, 0.25) is 0 Å². The number of rotatable bonds is 12. The van der Waals surface area contributed by atoms with E-state index in [1.807, 2.05) is 104 Å². The van der Waals surface area contributed by atoms with Gasteiger partial charge in [-0.15, -0.1) is 6.58 Å². The first-order valence-corrected chi connectivity index (χ1v) is 19.7. The van der Waals surface area contributed by atoms with Crippen molar-refractivity contribution in [1.29, 1.82) is 0 Å². The lowest BCUT2D eigenvalue weighted by molar-refractivity contribution is 0.00426. The average molecular weight is 732 g/mol. The number of thiocarbonyl (C=S) groups is 1. The van der Waals surface area contributed by atoms with Gasteiger partial charge in [-0.3, -0.25) is 9.88 Å². The molecule has 0 aliphatic carbocycles. The quantitative estimate of drug-likeness (QED) is 0.0903. The van der Waals surface area contributed by atoms with E-state index < -0.39 is 22.1 Å². The molecular weight excluding hydrogens is 687 g/mol. The van der Waals surface area contributed by atoms with Crippen molar-refractivity contribution < 1.29 is 13.2 Å². The third kappa shape index (κ3) is 7.61. The van der Waals surface area contributed by atoms with Crippen LogP contribution < -0.4 is 20.1 Å². The highest BCUT2D eigenvalue weighted by Crippen LogP contribution is 2.42. The Labute approximate surface area is 312 Å². The van der Waals surface area contributed by atoms with Crippen molar-refractivity contribution in [2.24, 2.45) is 11.8 Å². The van der Waals surface area contributed by atoms with Gasteiger partial charge < -0.3 is 15.4 Å². The number of nitrogens with zero attached hydrogens (tertiary/aromatic N) is 2. The number of aromatic nitrogens is 1. The van der Waals surface area contributed by atoms with Crippen LogP contribution in [-0.2, 0) is 10.0 Å². The molecule has 1 aromatic heterocycles. The molecule has 4 heterocycles. The minimum atomic E-state index is -3.93. The number of methoxy groups -OCH3 is 1. The SMILES string of the molecule is C=C[C@H]1CN2CC[C@H]1C[C@H]2[C@@H](NC(=S)N[C@@H](c1ccccc1)[C@@H](NS(=O)(=O)c1ccc(C)cc1)c1ccccc1)c1ccnc2ccc(OC)cc12. The summed E-state index contributed by atoms with van der Waals surface area (Å²) < 4.78 is 36.7. The van der Waals surface area contributed by atoms with E-state index in [0.717, 1.165) is 64.8 Å². The summed E-state index contributed by atoms with van der Waals surface area (Å²) in [4.78, 5) is 7.45. The van der Waals surface area contributed by atoms with Crippen LogP contribution in [0.5, 0.6) is 5.75 Å². The monoisotopic (exact) mass is 731 g/mol. The van der Waals surface area contributed by atoms with Gasteiger partial charge >= 0.3 is 0 Å². The Kier molecular flexibility index (Phi) is 10.7. The normalized spacial score (nSPS) is 21.5. The fraction of sp³-hybridized carbons (Fsp3) is 0.286. The third-order valence-corrected chi connectivity index (χ3v) is 12.4. The molecule has 1 unspecified atom stereocenters. The fourth-order valence-electron chi connectivity index (χ4n) is 7.94. The van der Waals surface area contributed by atoms with Gasteiger partial charge in [-0.1, -0.05) is 84.4 Å². The second kappa shape index (κ2) is 15.6. The Morgan fingerprint density at radius 3 is 2.27 bits per heavy atom. The molecule has 8 rings (SSSR count). The van der Waals surface area contributed by atoms with E-state index in [4.69, 9.17) is 17.0 Å². The Morgan fingerprint density at radius 2 is 1.63 bits per heavy atom. The maximum atomic E-state index is 14.0. The van der Waals surface area contributed by atoms with E-state index in [-0.39, 0.29) is 17.0 Å². The fourth-order valence-corrected chi connectivity index (χ4v) is 9.43. The van der Waals surface area contributed by atoms with Crippen molar-refractivity contribution in [3.05, 3.63) is 150 Å². The van der Waals surface area contributed by atoms with E-state index in [1.54, 1.807) is 19.2 Å². The van der Waals surface area contributed by atoms with Crippen LogP contribution in [0.15, 0.2) is 133 Å². The lowest BCUT2D eigenvalue weighted by Crippen LogP contribution is -2.58. The number of ether oxygens (including phenoxy) is 1. The Bertz CT molecular complexity index is 2130. The molecule has 7 atom stereocenters. The minimum Gasteiger partial charge on any atom is -0.497 e. The number of aryl methyl sites for hydroxylation is 1. The summed E-state index contributed by atoms with van der Waals surface area (Å²) in [7, 11) is -2.25. The van der Waals surface area contributed by atoms with Gasteiger partial charge in [0.2, 0.25) is 10.0 Å². The van der Waals surface area contributed by atoms with Gasteiger partial charge in [0.15, 0.2) is 5.11 Å². The van der Waals surface area contributed by atoms with E-state index in [9.17, 15) is 8.42 Å². The smallest absolute Gasteiger partial charge is 0.241 e. The van der Waals surface area contributed by atoms with Gasteiger partial charge in [0, 0.05) is 24.2 Å². The number of piperidine rings is 3. The second-order valence-corrected chi connectivity index (χ2v) is 16.0. The number of fused-ring (bicyclic) bond motifs is 4. The Hall–Kier alpha value is -4.61. The summed E-state index contributed by atoms with van der Waals surface area (Å²) in [5.41, 5.74) is 4.63. The first-order valence-electron chi connectivity index (χ1n) is 17.8. The molecule has 4 aromatic carbocycles. The number of pyridine rings is 1. The summed E-state index contributed by atoms with van der Waals surface area (Å²) in [6, 6.07) is 33.1. The molecule has 0 amide bonds. The van der Waals surface area contributed by atoms with Crippen molar-refractivity contribution in [1.82, 2.24) is 25.2 Å². The molecule has 5 aromatic rings. The molecule has 0 saturated carbocycles. The highest BCUT2D eigenvalue weighted by Gasteiger charge is 2.43. The maximum absolute atomic E-state index is 14.0. The number of nitrogens with one attached hydrogen (secondary N) is 3. The van der Waals surface area contributed by atoms with Gasteiger partial charge in [-0.05, 0) is 103 Å². The zero-order valence-electron chi connectivity index (χ0n) is 29.5. The largest absolute Gasteiger partial charge is 0.497 e. The topological polar surface area (TPSA) is 95.6 Å². The molecular formula is C42H45N5O3S2. The zero-order chi connectivity index (χ0) is 36.2. The van der Waals surface area contributed by atoms with Crippen molar-refractivity contribution in [3.63, 3.8) is 0 Å². The molecule has 0 spiro atoms. The van der Waals surface area contributed by atoms with Crippen LogP contribution in [0.4, 0.5) is 0 Å².